The number of urea groups is 1. The van der Waals surface area contributed by atoms with Crippen molar-refractivity contribution in [3.05, 3.63) is 54.1 Å². The summed E-state index contributed by atoms with van der Waals surface area (Å²) in [7, 11) is 0. The van der Waals surface area contributed by atoms with Crippen LogP contribution in [0.1, 0.15) is 43.5 Å². The third kappa shape index (κ3) is 9.20. The molecule has 2 aromatic carbocycles. The van der Waals surface area contributed by atoms with Gasteiger partial charge in [-0.25, -0.2) is 9.59 Å². The predicted molar refractivity (Wildman–Crippen MR) is 120 cm³/mol. The molecule has 0 aliphatic carbocycles. The second-order valence-electron chi connectivity index (χ2n) is 6.86. The zero-order chi connectivity index (χ0) is 22.5. The number of carbonyl (C=O) groups is 3. The Bertz CT molecular complexity index is 868. The summed E-state index contributed by atoms with van der Waals surface area (Å²) in [6, 6.07) is 13.3. The van der Waals surface area contributed by atoms with Crippen molar-refractivity contribution < 1.29 is 23.9 Å². The lowest BCUT2D eigenvalue weighted by atomic mass is 10.2. The van der Waals surface area contributed by atoms with Crippen molar-refractivity contribution >= 4 is 29.3 Å². The highest BCUT2D eigenvalue weighted by Gasteiger charge is 2.07. The number of nitrogens with one attached hydrogen (secondary N) is 3. The van der Waals surface area contributed by atoms with Crippen molar-refractivity contribution in [2.75, 3.05) is 30.4 Å². The van der Waals surface area contributed by atoms with Gasteiger partial charge < -0.3 is 25.4 Å². The van der Waals surface area contributed by atoms with Gasteiger partial charge in [-0.2, -0.15) is 0 Å². The Morgan fingerprint density at radius 3 is 2.39 bits per heavy atom. The van der Waals surface area contributed by atoms with Crippen LogP contribution in [0, 0.1) is 0 Å². The highest BCUT2D eigenvalue weighted by molar-refractivity contribution is 5.92. The quantitative estimate of drug-likeness (QED) is 0.368. The van der Waals surface area contributed by atoms with Gasteiger partial charge in [0.15, 0.2) is 0 Å². The SMILES string of the molecule is CCCCOC(=O)c1ccc(NC(=O)NCCCOc2cccc(NC(C)=O)c2)cc1. The third-order valence-corrected chi connectivity index (χ3v) is 4.14. The van der Waals surface area contributed by atoms with Crippen LogP contribution in [0.3, 0.4) is 0 Å². The van der Waals surface area contributed by atoms with Gasteiger partial charge in [-0.3, -0.25) is 4.79 Å². The molecule has 2 rings (SSSR count). The van der Waals surface area contributed by atoms with E-state index in [1.807, 2.05) is 6.92 Å². The first-order valence-corrected chi connectivity index (χ1v) is 10.3. The number of anilines is 2. The molecule has 0 heterocycles. The maximum absolute atomic E-state index is 12.0. The van der Waals surface area contributed by atoms with Crippen molar-refractivity contribution in [3.63, 3.8) is 0 Å². The lowest BCUT2D eigenvalue weighted by molar-refractivity contribution is -0.114. The van der Waals surface area contributed by atoms with Crippen LogP contribution in [-0.4, -0.2) is 37.7 Å². The van der Waals surface area contributed by atoms with Crippen LogP contribution in [0.25, 0.3) is 0 Å². The summed E-state index contributed by atoms with van der Waals surface area (Å²) < 4.78 is 10.8. The topological polar surface area (TPSA) is 106 Å². The van der Waals surface area contributed by atoms with E-state index in [1.165, 1.54) is 6.92 Å². The second kappa shape index (κ2) is 12.9. The van der Waals surface area contributed by atoms with Gasteiger partial charge in [0.2, 0.25) is 5.91 Å². The summed E-state index contributed by atoms with van der Waals surface area (Å²) in [6.07, 6.45) is 2.41. The van der Waals surface area contributed by atoms with Crippen molar-refractivity contribution in [1.82, 2.24) is 5.32 Å². The molecule has 0 aliphatic heterocycles. The van der Waals surface area contributed by atoms with Crippen molar-refractivity contribution in [1.29, 1.82) is 0 Å². The van der Waals surface area contributed by atoms with E-state index in [1.54, 1.807) is 48.5 Å². The van der Waals surface area contributed by atoms with Crippen LogP contribution in [0.2, 0.25) is 0 Å². The number of benzene rings is 2. The van der Waals surface area contributed by atoms with Gasteiger partial charge in [0.1, 0.15) is 5.75 Å². The average Bonchev–Trinajstić information content (AvgIpc) is 2.74. The molecular weight excluding hydrogens is 398 g/mol. The van der Waals surface area contributed by atoms with E-state index in [-0.39, 0.29) is 17.9 Å². The molecule has 0 spiro atoms. The average molecular weight is 428 g/mol. The number of amides is 3. The summed E-state index contributed by atoms with van der Waals surface area (Å²) in [5.41, 5.74) is 1.69. The van der Waals surface area contributed by atoms with Crippen LogP contribution in [-0.2, 0) is 9.53 Å². The van der Waals surface area contributed by atoms with Gasteiger partial charge in [-0.1, -0.05) is 19.4 Å². The lowest BCUT2D eigenvalue weighted by Crippen LogP contribution is -2.30. The fourth-order valence-electron chi connectivity index (χ4n) is 2.59. The summed E-state index contributed by atoms with van der Waals surface area (Å²) in [5, 5.41) is 8.16. The van der Waals surface area contributed by atoms with Gasteiger partial charge in [0, 0.05) is 30.9 Å². The Morgan fingerprint density at radius 1 is 0.903 bits per heavy atom. The van der Waals surface area contributed by atoms with Crippen LogP contribution in [0.4, 0.5) is 16.2 Å². The normalized spacial score (nSPS) is 10.1. The van der Waals surface area contributed by atoms with Crippen molar-refractivity contribution in [3.8, 4) is 5.75 Å². The first kappa shape index (κ1) is 23.7. The molecule has 0 atom stereocenters. The van der Waals surface area contributed by atoms with Crippen molar-refractivity contribution in [2.45, 2.75) is 33.1 Å². The summed E-state index contributed by atoms with van der Waals surface area (Å²) in [6.45, 7) is 4.72. The third-order valence-electron chi connectivity index (χ3n) is 4.14. The molecular formula is C23H29N3O5. The molecule has 8 nitrogen and oxygen atoms in total. The van der Waals surface area contributed by atoms with Gasteiger partial charge in [-0.05, 0) is 49.2 Å². The fourth-order valence-corrected chi connectivity index (χ4v) is 2.59. The van der Waals surface area contributed by atoms with E-state index in [4.69, 9.17) is 9.47 Å². The number of carbonyl (C=O) groups excluding carboxylic acids is 3. The number of esters is 1. The van der Waals surface area contributed by atoms with E-state index >= 15 is 0 Å². The molecule has 0 saturated heterocycles. The molecule has 31 heavy (non-hydrogen) atoms. The second-order valence-corrected chi connectivity index (χ2v) is 6.86. The van der Waals surface area contributed by atoms with Gasteiger partial charge in [0.05, 0.1) is 18.8 Å². The van der Waals surface area contributed by atoms with E-state index in [0.29, 0.717) is 48.9 Å². The Labute approximate surface area is 182 Å². The number of ether oxygens (including phenoxy) is 2. The molecule has 0 fully saturated rings. The van der Waals surface area contributed by atoms with E-state index in [2.05, 4.69) is 16.0 Å². The zero-order valence-electron chi connectivity index (χ0n) is 17.9. The number of unbranched alkanes of at least 4 members (excludes halogenated alkanes) is 1. The first-order valence-electron chi connectivity index (χ1n) is 10.3. The number of hydrogen-bond donors (Lipinski definition) is 3. The Kier molecular flexibility index (Phi) is 9.87. The minimum Gasteiger partial charge on any atom is -0.493 e. The van der Waals surface area contributed by atoms with E-state index in [9.17, 15) is 14.4 Å². The lowest BCUT2D eigenvalue weighted by Gasteiger charge is -2.10. The maximum atomic E-state index is 12.0. The van der Waals surface area contributed by atoms with Gasteiger partial charge >= 0.3 is 12.0 Å². The van der Waals surface area contributed by atoms with Crippen molar-refractivity contribution in [2.24, 2.45) is 0 Å². The molecule has 3 N–H and O–H groups in total. The number of rotatable bonds is 11. The van der Waals surface area contributed by atoms with Crippen LogP contribution in [0.15, 0.2) is 48.5 Å². The van der Waals surface area contributed by atoms with E-state index < -0.39 is 0 Å². The Balaban J connectivity index is 1.66. The minimum atomic E-state index is -0.368. The molecule has 0 aliphatic rings. The molecule has 0 bridgehead atoms. The predicted octanol–water partition coefficient (Wildman–Crippen LogP) is 4.19. The molecule has 8 heteroatoms. The van der Waals surface area contributed by atoms with Crippen LogP contribution in [0.5, 0.6) is 5.75 Å². The molecule has 0 radical (unpaired) electrons. The smallest absolute Gasteiger partial charge is 0.338 e. The van der Waals surface area contributed by atoms with Crippen LogP contribution < -0.4 is 20.7 Å². The fraction of sp³-hybridized carbons (Fsp3) is 0.348. The molecule has 2 aromatic rings. The Hall–Kier alpha value is -3.55. The van der Waals surface area contributed by atoms with Gasteiger partial charge in [0.25, 0.3) is 0 Å². The minimum absolute atomic E-state index is 0.145. The number of hydrogen-bond acceptors (Lipinski definition) is 5. The molecule has 166 valence electrons. The highest BCUT2D eigenvalue weighted by Crippen LogP contribution is 2.17. The standard InChI is InChI=1S/C23H29N3O5/c1-3-4-14-31-22(28)18-9-11-19(12-10-18)26-23(29)24-13-6-15-30-21-8-5-7-20(16-21)25-17(2)27/h5,7-12,16H,3-4,6,13-15H2,1-2H3,(H,25,27)(H2,24,26,29). The maximum Gasteiger partial charge on any atom is 0.338 e. The summed E-state index contributed by atoms with van der Waals surface area (Å²) in [5.74, 6) is 0.130. The molecule has 3 amide bonds. The first-order chi connectivity index (χ1) is 15.0. The zero-order valence-corrected chi connectivity index (χ0v) is 17.9. The van der Waals surface area contributed by atoms with E-state index in [0.717, 1.165) is 12.8 Å². The summed E-state index contributed by atoms with van der Waals surface area (Å²) >= 11 is 0. The Morgan fingerprint density at radius 2 is 1.68 bits per heavy atom. The largest absolute Gasteiger partial charge is 0.493 e. The molecule has 0 aromatic heterocycles. The monoisotopic (exact) mass is 427 g/mol. The summed E-state index contributed by atoms with van der Waals surface area (Å²) in [4.78, 5) is 35.0. The molecule has 0 unspecified atom stereocenters. The molecule has 0 saturated carbocycles. The highest BCUT2D eigenvalue weighted by atomic mass is 16.5. The van der Waals surface area contributed by atoms with Gasteiger partial charge in [-0.15, -0.1) is 0 Å². The van der Waals surface area contributed by atoms with Crippen LogP contribution >= 0.6 is 0 Å².